The zero-order chi connectivity index (χ0) is 9.84. The Morgan fingerprint density at radius 2 is 2.54 bits per heavy atom. The number of hydrogen-bond acceptors (Lipinski definition) is 2. The summed E-state index contributed by atoms with van der Waals surface area (Å²) in [6.07, 6.45) is 0. The van der Waals surface area contributed by atoms with E-state index in [0.717, 1.165) is 0 Å². The number of hydrogen-bond donors (Lipinski definition) is 2. The maximum absolute atomic E-state index is 11.2. The minimum absolute atomic E-state index is 0.241. The van der Waals surface area contributed by atoms with Crippen LogP contribution < -0.4 is 5.32 Å². The quantitative estimate of drug-likeness (QED) is 0.872. The van der Waals surface area contributed by atoms with Gasteiger partial charge in [0.25, 0.3) is 5.91 Å². The van der Waals surface area contributed by atoms with Crippen LogP contribution in [0.15, 0.2) is 22.3 Å². The van der Waals surface area contributed by atoms with Gasteiger partial charge >= 0.3 is 0 Å². The number of aromatic amines is 1. The topological polar surface area (TPSA) is 57.8 Å². The van der Waals surface area contributed by atoms with Gasteiger partial charge in [0, 0.05) is 11.1 Å². The van der Waals surface area contributed by atoms with Gasteiger partial charge in [-0.15, -0.1) is 0 Å². The Kier molecular flexibility index (Phi) is 3.50. The fourth-order valence-corrected chi connectivity index (χ4v) is 1.05. The predicted octanol–water partition coefficient (Wildman–Crippen LogP) is 1.65. The highest BCUT2D eigenvalue weighted by Gasteiger charge is 2.08. The smallest absolute Gasteiger partial charge is 0.272 e. The summed E-state index contributed by atoms with van der Waals surface area (Å²) in [5, 5.41) is 9.24. The lowest BCUT2D eigenvalue weighted by Crippen LogP contribution is -2.24. The number of halogens is 2. The van der Waals surface area contributed by atoms with Crippen molar-refractivity contribution in [2.24, 2.45) is 0 Å². The number of nitrogens with one attached hydrogen (secondary N) is 2. The van der Waals surface area contributed by atoms with E-state index in [1.807, 2.05) is 0 Å². The Morgan fingerprint density at radius 1 is 1.85 bits per heavy atom. The molecule has 1 amide bonds. The molecule has 0 unspecified atom stereocenters. The van der Waals surface area contributed by atoms with E-state index in [0.29, 0.717) is 15.3 Å². The summed E-state index contributed by atoms with van der Waals surface area (Å²) in [6.45, 7) is 3.68. The van der Waals surface area contributed by atoms with E-state index >= 15 is 0 Å². The van der Waals surface area contributed by atoms with Gasteiger partial charge < -0.3 is 5.32 Å². The van der Waals surface area contributed by atoms with Gasteiger partial charge in [-0.2, -0.15) is 5.10 Å². The van der Waals surface area contributed by atoms with Crippen LogP contribution in [0.1, 0.15) is 10.5 Å². The van der Waals surface area contributed by atoms with E-state index in [1.165, 1.54) is 0 Å². The lowest BCUT2D eigenvalue weighted by Gasteiger charge is -1.99. The number of amides is 1. The van der Waals surface area contributed by atoms with E-state index in [-0.39, 0.29) is 12.5 Å². The second-order valence-corrected chi connectivity index (χ2v) is 3.69. The third kappa shape index (κ3) is 3.20. The highest BCUT2D eigenvalue weighted by Crippen LogP contribution is 2.06. The van der Waals surface area contributed by atoms with Crippen molar-refractivity contribution in [1.82, 2.24) is 15.5 Å². The highest BCUT2D eigenvalue weighted by molar-refractivity contribution is 9.10. The van der Waals surface area contributed by atoms with Gasteiger partial charge in [0.05, 0.1) is 6.54 Å². The molecule has 4 nitrogen and oxygen atoms in total. The molecule has 0 aromatic carbocycles. The lowest BCUT2D eigenvalue weighted by molar-refractivity contribution is 0.0952. The molecule has 13 heavy (non-hydrogen) atoms. The first-order chi connectivity index (χ1) is 6.09. The molecule has 0 radical (unpaired) electrons. The van der Waals surface area contributed by atoms with Gasteiger partial charge in [-0.3, -0.25) is 9.89 Å². The first-order valence-electron chi connectivity index (χ1n) is 3.42. The number of nitrogens with zero attached hydrogens (tertiary/aromatic N) is 1. The number of aromatic nitrogens is 2. The summed E-state index contributed by atoms with van der Waals surface area (Å²) in [4.78, 5) is 11.2. The van der Waals surface area contributed by atoms with E-state index in [4.69, 9.17) is 11.6 Å². The Bertz CT molecular complexity index is 336. The summed E-state index contributed by atoms with van der Waals surface area (Å²) in [5.74, 6) is -0.288. The third-order valence-electron chi connectivity index (χ3n) is 1.22. The van der Waals surface area contributed by atoms with Crippen molar-refractivity contribution in [2.45, 2.75) is 0 Å². The largest absolute Gasteiger partial charge is 0.346 e. The number of carbonyl (C=O) groups excluding carboxylic acids is 1. The molecule has 0 bridgehead atoms. The third-order valence-corrected chi connectivity index (χ3v) is 1.76. The lowest BCUT2D eigenvalue weighted by atomic mass is 10.4. The van der Waals surface area contributed by atoms with E-state index in [9.17, 15) is 4.79 Å². The average molecular weight is 265 g/mol. The second-order valence-electron chi connectivity index (χ2n) is 2.30. The maximum Gasteiger partial charge on any atom is 0.272 e. The van der Waals surface area contributed by atoms with Gasteiger partial charge in [0.15, 0.2) is 5.69 Å². The van der Waals surface area contributed by atoms with Crippen molar-refractivity contribution in [1.29, 1.82) is 0 Å². The van der Waals surface area contributed by atoms with Crippen LogP contribution in [-0.2, 0) is 0 Å². The Labute approximate surface area is 88.5 Å². The van der Waals surface area contributed by atoms with Crippen LogP contribution in [0.25, 0.3) is 0 Å². The first kappa shape index (κ1) is 10.3. The fraction of sp³-hybridized carbons (Fsp3) is 0.143. The van der Waals surface area contributed by atoms with Crippen molar-refractivity contribution in [3.63, 3.8) is 0 Å². The first-order valence-corrected chi connectivity index (χ1v) is 4.59. The van der Waals surface area contributed by atoms with Crippen LogP contribution in [0, 0.1) is 0 Å². The molecule has 2 N–H and O–H groups in total. The van der Waals surface area contributed by atoms with Crippen LogP contribution in [0.2, 0.25) is 0 Å². The SMILES string of the molecule is C=C(Cl)CNC(=O)c1cc(Br)[nH]n1. The number of H-pyrrole nitrogens is 1. The van der Waals surface area contributed by atoms with Crippen molar-refractivity contribution >= 4 is 33.4 Å². The molecule has 1 heterocycles. The fourth-order valence-electron chi connectivity index (χ4n) is 0.681. The summed E-state index contributed by atoms with van der Waals surface area (Å²) >= 11 is 8.61. The van der Waals surface area contributed by atoms with Gasteiger partial charge in [-0.25, -0.2) is 0 Å². The minimum Gasteiger partial charge on any atom is -0.346 e. The van der Waals surface area contributed by atoms with Crippen LogP contribution in [-0.4, -0.2) is 22.6 Å². The van der Waals surface area contributed by atoms with E-state index in [1.54, 1.807) is 6.07 Å². The molecule has 0 aliphatic carbocycles. The zero-order valence-electron chi connectivity index (χ0n) is 6.60. The summed E-state index contributed by atoms with van der Waals surface area (Å²) < 4.78 is 0.655. The summed E-state index contributed by atoms with van der Waals surface area (Å²) in [5.41, 5.74) is 0.310. The minimum atomic E-state index is -0.288. The Hall–Kier alpha value is -0.810. The normalized spacial score (nSPS) is 9.69. The molecule has 1 aromatic rings. The van der Waals surface area contributed by atoms with E-state index in [2.05, 4.69) is 38.0 Å². The molecule has 1 aromatic heterocycles. The summed E-state index contributed by atoms with van der Waals surface area (Å²) in [7, 11) is 0. The second kappa shape index (κ2) is 4.43. The molecule has 0 spiro atoms. The van der Waals surface area contributed by atoms with Crippen molar-refractivity contribution in [3.8, 4) is 0 Å². The molecule has 0 aliphatic heterocycles. The van der Waals surface area contributed by atoms with Gasteiger partial charge in [-0.05, 0) is 15.9 Å². The number of carbonyl (C=O) groups is 1. The Balaban J connectivity index is 2.54. The van der Waals surface area contributed by atoms with Crippen LogP contribution >= 0.6 is 27.5 Å². The molecule has 0 saturated heterocycles. The van der Waals surface area contributed by atoms with Gasteiger partial charge in [-0.1, -0.05) is 18.2 Å². The predicted molar refractivity (Wildman–Crippen MR) is 53.6 cm³/mol. The van der Waals surface area contributed by atoms with Crippen molar-refractivity contribution in [3.05, 3.63) is 28.0 Å². The standard InChI is InChI=1S/C7H7BrClN3O/c1-4(9)3-10-7(13)5-2-6(8)12-11-5/h2H,1,3H2,(H,10,13)(H,11,12). The number of rotatable bonds is 3. The van der Waals surface area contributed by atoms with Crippen LogP contribution in [0.4, 0.5) is 0 Å². The van der Waals surface area contributed by atoms with Crippen LogP contribution in [0.5, 0.6) is 0 Å². The van der Waals surface area contributed by atoms with Gasteiger partial charge in [0.2, 0.25) is 0 Å². The molecule has 6 heteroatoms. The zero-order valence-corrected chi connectivity index (χ0v) is 8.94. The molecular weight excluding hydrogens is 257 g/mol. The molecule has 70 valence electrons. The molecule has 0 atom stereocenters. The Morgan fingerprint density at radius 3 is 3.00 bits per heavy atom. The molecule has 0 aliphatic rings. The summed E-state index contributed by atoms with van der Waals surface area (Å²) in [6, 6.07) is 1.58. The maximum atomic E-state index is 11.2. The highest BCUT2D eigenvalue weighted by atomic mass is 79.9. The van der Waals surface area contributed by atoms with Crippen LogP contribution in [0.3, 0.4) is 0 Å². The monoisotopic (exact) mass is 263 g/mol. The molecular formula is C7H7BrClN3O. The van der Waals surface area contributed by atoms with Crippen molar-refractivity contribution < 1.29 is 4.79 Å². The van der Waals surface area contributed by atoms with E-state index < -0.39 is 0 Å². The molecule has 1 rings (SSSR count). The molecule has 0 saturated carbocycles. The average Bonchev–Trinajstić information content (AvgIpc) is 2.47. The van der Waals surface area contributed by atoms with Gasteiger partial charge in [0.1, 0.15) is 4.60 Å². The molecule has 0 fully saturated rings. The van der Waals surface area contributed by atoms with Crippen molar-refractivity contribution in [2.75, 3.05) is 6.54 Å².